The van der Waals surface area contributed by atoms with Gasteiger partial charge in [-0.3, -0.25) is 0 Å². The zero-order valence-corrected chi connectivity index (χ0v) is 13.3. The summed E-state index contributed by atoms with van der Waals surface area (Å²) in [5, 5.41) is 4.17. The number of para-hydroxylation sites is 1. The molecular weight excluding hydrogens is 258 g/mol. The smallest absolute Gasteiger partial charge is 0.142 e. The first-order valence-corrected chi connectivity index (χ1v) is 7.47. The molecule has 3 heteroatoms. The summed E-state index contributed by atoms with van der Waals surface area (Å²) in [5.41, 5.74) is 1.21. The van der Waals surface area contributed by atoms with E-state index in [1.54, 1.807) is 0 Å². The highest BCUT2D eigenvalue weighted by atomic mass is 35.5. The van der Waals surface area contributed by atoms with Crippen LogP contribution < -0.4 is 10.1 Å². The summed E-state index contributed by atoms with van der Waals surface area (Å²) >= 11 is 6.24. The van der Waals surface area contributed by atoms with Gasteiger partial charge in [0.1, 0.15) is 5.75 Å². The van der Waals surface area contributed by atoms with Crippen LogP contribution in [0.2, 0.25) is 5.02 Å². The van der Waals surface area contributed by atoms with E-state index in [1.807, 2.05) is 12.1 Å². The molecule has 2 nitrogen and oxygen atoms in total. The normalized spacial score (nSPS) is 11.6. The van der Waals surface area contributed by atoms with Crippen molar-refractivity contribution in [1.29, 1.82) is 0 Å². The molecule has 0 aliphatic carbocycles. The fraction of sp³-hybridized carbons (Fsp3) is 0.625. The molecule has 0 saturated carbocycles. The Labute approximate surface area is 122 Å². The van der Waals surface area contributed by atoms with E-state index in [0.717, 1.165) is 30.9 Å². The second-order valence-electron chi connectivity index (χ2n) is 5.89. The second-order valence-corrected chi connectivity index (χ2v) is 6.29. The van der Waals surface area contributed by atoms with Crippen molar-refractivity contribution in [3.05, 3.63) is 28.8 Å². The lowest BCUT2D eigenvalue weighted by molar-refractivity contribution is 0.301. The predicted molar refractivity (Wildman–Crippen MR) is 83.1 cm³/mol. The van der Waals surface area contributed by atoms with Crippen molar-refractivity contribution in [3.8, 4) is 5.75 Å². The minimum atomic E-state index is 0.0851. The van der Waals surface area contributed by atoms with Crippen LogP contribution >= 0.6 is 11.6 Å². The summed E-state index contributed by atoms with van der Waals surface area (Å²) in [6.07, 6.45) is 3.47. The Kier molecular flexibility index (Phi) is 6.67. The number of ether oxygens (including phenoxy) is 1. The molecule has 0 aromatic heterocycles. The number of hydrogen-bond donors (Lipinski definition) is 1. The summed E-state index contributed by atoms with van der Waals surface area (Å²) in [5.74, 6) is 0.831. The highest BCUT2D eigenvalue weighted by molar-refractivity contribution is 6.32. The van der Waals surface area contributed by atoms with E-state index in [1.165, 1.54) is 12.8 Å². The summed E-state index contributed by atoms with van der Waals surface area (Å²) in [7, 11) is 0. The van der Waals surface area contributed by atoms with Gasteiger partial charge in [-0.15, -0.1) is 0 Å². The van der Waals surface area contributed by atoms with Gasteiger partial charge in [-0.05, 0) is 33.3 Å². The molecule has 0 saturated heterocycles. The van der Waals surface area contributed by atoms with Crippen LogP contribution in [0.4, 0.5) is 0 Å². The van der Waals surface area contributed by atoms with Gasteiger partial charge >= 0.3 is 0 Å². The fourth-order valence-electron chi connectivity index (χ4n) is 1.74. The van der Waals surface area contributed by atoms with E-state index >= 15 is 0 Å². The number of rotatable bonds is 7. The molecule has 0 bridgehead atoms. The monoisotopic (exact) mass is 283 g/mol. The molecule has 0 fully saturated rings. The summed E-state index contributed by atoms with van der Waals surface area (Å²) in [6, 6.07) is 5.93. The van der Waals surface area contributed by atoms with Crippen molar-refractivity contribution in [2.24, 2.45) is 0 Å². The Morgan fingerprint density at radius 3 is 2.58 bits per heavy atom. The maximum atomic E-state index is 6.24. The van der Waals surface area contributed by atoms with Crippen LogP contribution in [-0.2, 0) is 6.54 Å². The number of unbranched alkanes of at least 4 members (excludes halogenated alkanes) is 2. The third kappa shape index (κ3) is 6.31. The molecule has 1 aromatic carbocycles. The molecule has 19 heavy (non-hydrogen) atoms. The molecule has 1 rings (SSSR count). The zero-order valence-electron chi connectivity index (χ0n) is 12.6. The number of hydrogen-bond acceptors (Lipinski definition) is 2. The van der Waals surface area contributed by atoms with Crippen LogP contribution in [0.1, 0.15) is 52.5 Å². The molecule has 0 heterocycles. The molecular formula is C16H26ClNO. The Morgan fingerprint density at radius 1 is 1.21 bits per heavy atom. The highest BCUT2D eigenvalue weighted by Crippen LogP contribution is 2.29. The Morgan fingerprint density at radius 2 is 1.95 bits per heavy atom. The first kappa shape index (κ1) is 16.3. The van der Waals surface area contributed by atoms with Crippen molar-refractivity contribution < 1.29 is 4.74 Å². The quantitative estimate of drug-likeness (QED) is 0.726. The van der Waals surface area contributed by atoms with Gasteiger partial charge in [0.2, 0.25) is 0 Å². The molecule has 0 aliphatic rings. The number of nitrogens with one attached hydrogen (secondary N) is 1. The summed E-state index contributed by atoms with van der Waals surface area (Å²) < 4.78 is 5.86. The van der Waals surface area contributed by atoms with Gasteiger partial charge in [0.25, 0.3) is 0 Å². The van der Waals surface area contributed by atoms with Crippen molar-refractivity contribution in [2.45, 2.75) is 59.0 Å². The Bertz CT molecular complexity index is 385. The molecule has 1 N–H and O–H groups in total. The van der Waals surface area contributed by atoms with E-state index in [-0.39, 0.29) is 5.54 Å². The molecule has 0 unspecified atom stereocenters. The standard InChI is InChI=1S/C16H26ClNO/c1-5-6-7-11-19-15-13(9-8-10-14(15)17)12-18-16(2,3)4/h8-10,18H,5-7,11-12H2,1-4H3. The predicted octanol–water partition coefficient (Wildman–Crippen LogP) is 4.80. The van der Waals surface area contributed by atoms with Gasteiger partial charge in [0.05, 0.1) is 11.6 Å². The van der Waals surface area contributed by atoms with Gasteiger partial charge in [-0.1, -0.05) is 43.5 Å². The van der Waals surface area contributed by atoms with E-state index < -0.39 is 0 Å². The first-order valence-electron chi connectivity index (χ1n) is 7.09. The van der Waals surface area contributed by atoms with E-state index in [2.05, 4.69) is 39.1 Å². The number of benzene rings is 1. The highest BCUT2D eigenvalue weighted by Gasteiger charge is 2.12. The van der Waals surface area contributed by atoms with Crippen molar-refractivity contribution in [1.82, 2.24) is 5.32 Å². The van der Waals surface area contributed by atoms with Crippen LogP contribution in [0.5, 0.6) is 5.75 Å². The van der Waals surface area contributed by atoms with Crippen molar-refractivity contribution >= 4 is 11.6 Å². The van der Waals surface area contributed by atoms with E-state index in [0.29, 0.717) is 5.02 Å². The average Bonchev–Trinajstić information content (AvgIpc) is 2.33. The maximum Gasteiger partial charge on any atom is 0.142 e. The molecule has 0 amide bonds. The molecule has 1 aromatic rings. The SMILES string of the molecule is CCCCCOc1c(Cl)cccc1CNC(C)(C)C. The van der Waals surface area contributed by atoms with Crippen LogP contribution in [0.3, 0.4) is 0 Å². The van der Waals surface area contributed by atoms with Gasteiger partial charge < -0.3 is 10.1 Å². The van der Waals surface area contributed by atoms with Crippen LogP contribution in [-0.4, -0.2) is 12.1 Å². The zero-order chi connectivity index (χ0) is 14.3. The van der Waals surface area contributed by atoms with Crippen LogP contribution in [0.25, 0.3) is 0 Å². The molecule has 0 atom stereocenters. The van der Waals surface area contributed by atoms with Crippen LogP contribution in [0, 0.1) is 0 Å². The van der Waals surface area contributed by atoms with Gasteiger partial charge in [0.15, 0.2) is 0 Å². The largest absolute Gasteiger partial charge is 0.492 e. The third-order valence-electron chi connectivity index (χ3n) is 2.85. The van der Waals surface area contributed by atoms with Crippen LogP contribution in [0.15, 0.2) is 18.2 Å². The third-order valence-corrected chi connectivity index (χ3v) is 3.15. The van der Waals surface area contributed by atoms with Gasteiger partial charge in [-0.2, -0.15) is 0 Å². The Hall–Kier alpha value is -0.730. The molecule has 0 radical (unpaired) electrons. The molecule has 0 aliphatic heterocycles. The minimum Gasteiger partial charge on any atom is -0.492 e. The van der Waals surface area contributed by atoms with Crippen molar-refractivity contribution in [2.75, 3.05) is 6.61 Å². The number of halogens is 1. The lowest BCUT2D eigenvalue weighted by atomic mass is 10.1. The maximum absolute atomic E-state index is 6.24. The second kappa shape index (κ2) is 7.76. The fourth-order valence-corrected chi connectivity index (χ4v) is 1.99. The van der Waals surface area contributed by atoms with E-state index in [9.17, 15) is 0 Å². The molecule has 108 valence electrons. The van der Waals surface area contributed by atoms with Gasteiger partial charge in [0, 0.05) is 17.6 Å². The van der Waals surface area contributed by atoms with E-state index in [4.69, 9.17) is 16.3 Å². The van der Waals surface area contributed by atoms with Crippen molar-refractivity contribution in [3.63, 3.8) is 0 Å². The average molecular weight is 284 g/mol. The minimum absolute atomic E-state index is 0.0851. The summed E-state index contributed by atoms with van der Waals surface area (Å²) in [6.45, 7) is 10.2. The topological polar surface area (TPSA) is 21.3 Å². The van der Waals surface area contributed by atoms with Gasteiger partial charge in [-0.25, -0.2) is 0 Å². The first-order chi connectivity index (χ1) is 8.94. The molecule has 0 spiro atoms. The lowest BCUT2D eigenvalue weighted by Crippen LogP contribution is -2.35. The summed E-state index contributed by atoms with van der Waals surface area (Å²) in [4.78, 5) is 0. The Balaban J connectivity index is 2.66. The lowest BCUT2D eigenvalue weighted by Gasteiger charge is -2.22.